The maximum atomic E-state index is 10.4. The molecule has 2 fully saturated rings. The summed E-state index contributed by atoms with van der Waals surface area (Å²) in [5.41, 5.74) is 1.36. The Bertz CT molecular complexity index is 962. The zero-order valence-corrected chi connectivity index (χ0v) is 15.3. The van der Waals surface area contributed by atoms with E-state index in [4.69, 9.17) is 0 Å². The zero-order valence-electron chi connectivity index (χ0n) is 15.3. The van der Waals surface area contributed by atoms with Crippen molar-refractivity contribution in [2.75, 3.05) is 11.9 Å². The number of anilines is 1. The normalized spacial score (nSPS) is 24.3. The third kappa shape index (κ3) is 3.00. The first-order valence-corrected chi connectivity index (χ1v) is 9.57. The van der Waals surface area contributed by atoms with Gasteiger partial charge in [0.25, 0.3) is 0 Å². The molecule has 0 spiro atoms. The highest BCUT2D eigenvalue weighted by atomic mass is 16.3. The highest BCUT2D eigenvalue weighted by molar-refractivity contribution is 5.89. The first-order chi connectivity index (χ1) is 13.2. The fourth-order valence-corrected chi connectivity index (χ4v) is 4.52. The van der Waals surface area contributed by atoms with Gasteiger partial charge in [0.15, 0.2) is 5.82 Å². The van der Waals surface area contributed by atoms with Gasteiger partial charge in [0, 0.05) is 48.5 Å². The molecule has 1 unspecified atom stereocenters. The lowest BCUT2D eigenvalue weighted by molar-refractivity contribution is 0.353. The van der Waals surface area contributed by atoms with Crippen LogP contribution in [-0.2, 0) is 0 Å². The standard InChI is InChI=1S/C21H23N5O/c1-26(17-10-15-2-3-16(11-17)23-15)21-5-4-19(24-25-21)18-8-13-6-7-22-12-14(13)9-20(18)27/h4-9,12,15-17,23,27H,2-3,10-11H2,1H3/t15-,16?,17-/m1/s1. The molecule has 6 heteroatoms. The van der Waals surface area contributed by atoms with Gasteiger partial charge in [0.1, 0.15) is 5.75 Å². The summed E-state index contributed by atoms with van der Waals surface area (Å²) in [6, 6.07) is 11.3. The summed E-state index contributed by atoms with van der Waals surface area (Å²) in [5, 5.41) is 24.9. The predicted octanol–water partition coefficient (Wildman–Crippen LogP) is 3.12. The van der Waals surface area contributed by atoms with Gasteiger partial charge in [0.05, 0.1) is 5.69 Å². The van der Waals surface area contributed by atoms with Gasteiger partial charge >= 0.3 is 0 Å². The Morgan fingerprint density at radius 2 is 1.85 bits per heavy atom. The molecule has 2 saturated heterocycles. The number of hydrogen-bond donors (Lipinski definition) is 2. The third-order valence-electron chi connectivity index (χ3n) is 6.04. The van der Waals surface area contributed by atoms with Gasteiger partial charge in [-0.3, -0.25) is 4.98 Å². The maximum Gasteiger partial charge on any atom is 0.151 e. The summed E-state index contributed by atoms with van der Waals surface area (Å²) < 4.78 is 0. The number of piperidine rings is 1. The van der Waals surface area contributed by atoms with Crippen LogP contribution in [0, 0.1) is 0 Å². The van der Waals surface area contributed by atoms with Gasteiger partial charge in [-0.15, -0.1) is 10.2 Å². The highest BCUT2D eigenvalue weighted by Crippen LogP contribution is 2.33. The van der Waals surface area contributed by atoms with Crippen LogP contribution in [0.25, 0.3) is 22.0 Å². The molecule has 2 N–H and O–H groups in total. The lowest BCUT2D eigenvalue weighted by atomic mass is 9.98. The van der Waals surface area contributed by atoms with Crippen LogP contribution in [0.2, 0.25) is 0 Å². The van der Waals surface area contributed by atoms with Crippen LogP contribution in [-0.4, -0.2) is 45.5 Å². The maximum absolute atomic E-state index is 10.4. The molecular weight excluding hydrogens is 338 g/mol. The predicted molar refractivity (Wildman–Crippen MR) is 106 cm³/mol. The van der Waals surface area contributed by atoms with Crippen LogP contribution in [0.15, 0.2) is 42.7 Å². The molecule has 2 aliphatic heterocycles. The summed E-state index contributed by atoms with van der Waals surface area (Å²) >= 11 is 0. The Balaban J connectivity index is 1.41. The minimum Gasteiger partial charge on any atom is -0.507 e. The fourth-order valence-electron chi connectivity index (χ4n) is 4.52. The van der Waals surface area contributed by atoms with Crippen molar-refractivity contribution in [3.8, 4) is 17.0 Å². The van der Waals surface area contributed by atoms with Gasteiger partial charge < -0.3 is 15.3 Å². The molecule has 138 valence electrons. The van der Waals surface area contributed by atoms with Crippen LogP contribution < -0.4 is 10.2 Å². The zero-order chi connectivity index (χ0) is 18.4. The van der Waals surface area contributed by atoms with E-state index in [1.54, 1.807) is 18.5 Å². The number of aromatic nitrogens is 3. The minimum absolute atomic E-state index is 0.195. The number of fused-ring (bicyclic) bond motifs is 3. The molecule has 27 heavy (non-hydrogen) atoms. The number of phenols is 1. The molecule has 2 aliphatic rings. The van der Waals surface area contributed by atoms with Gasteiger partial charge in [-0.1, -0.05) is 0 Å². The van der Waals surface area contributed by atoms with Crippen molar-refractivity contribution in [2.45, 2.75) is 43.8 Å². The number of phenolic OH excluding ortho intramolecular Hbond substituents is 1. The Morgan fingerprint density at radius 1 is 1.04 bits per heavy atom. The summed E-state index contributed by atoms with van der Waals surface area (Å²) in [5.74, 6) is 1.08. The van der Waals surface area contributed by atoms with Gasteiger partial charge in [-0.25, -0.2) is 0 Å². The second-order valence-electron chi connectivity index (χ2n) is 7.74. The van der Waals surface area contributed by atoms with Crippen molar-refractivity contribution in [1.82, 2.24) is 20.5 Å². The van der Waals surface area contributed by atoms with Crippen molar-refractivity contribution in [2.24, 2.45) is 0 Å². The summed E-state index contributed by atoms with van der Waals surface area (Å²) in [6.07, 6.45) is 8.40. The Kier molecular flexibility index (Phi) is 3.93. The van der Waals surface area contributed by atoms with Crippen LogP contribution in [0.5, 0.6) is 5.75 Å². The second-order valence-corrected chi connectivity index (χ2v) is 7.74. The molecule has 0 saturated carbocycles. The minimum atomic E-state index is 0.195. The van der Waals surface area contributed by atoms with Crippen molar-refractivity contribution >= 4 is 16.6 Å². The SMILES string of the molecule is CN(c1ccc(-c2cc3ccncc3cc2O)nn1)[C@H]1CC2CC[C@H](C1)N2. The van der Waals surface area contributed by atoms with Crippen molar-refractivity contribution in [3.63, 3.8) is 0 Å². The lowest BCUT2D eigenvalue weighted by Gasteiger charge is -2.36. The number of pyridine rings is 1. The van der Waals surface area contributed by atoms with Crippen LogP contribution in [0.1, 0.15) is 25.7 Å². The van der Waals surface area contributed by atoms with Gasteiger partial charge in [0.2, 0.25) is 0 Å². The summed E-state index contributed by atoms with van der Waals surface area (Å²) in [7, 11) is 2.11. The molecule has 3 aromatic rings. The average molecular weight is 361 g/mol. The van der Waals surface area contributed by atoms with Crippen LogP contribution in [0.4, 0.5) is 5.82 Å². The molecule has 2 aromatic heterocycles. The van der Waals surface area contributed by atoms with E-state index in [1.807, 2.05) is 24.3 Å². The summed E-state index contributed by atoms with van der Waals surface area (Å²) in [6.45, 7) is 0. The van der Waals surface area contributed by atoms with Crippen molar-refractivity contribution < 1.29 is 5.11 Å². The van der Waals surface area contributed by atoms with Crippen molar-refractivity contribution in [3.05, 3.63) is 42.7 Å². The Morgan fingerprint density at radius 3 is 2.59 bits per heavy atom. The molecule has 3 atom stereocenters. The van der Waals surface area contributed by atoms with Gasteiger partial charge in [-0.2, -0.15) is 0 Å². The molecule has 0 radical (unpaired) electrons. The first-order valence-electron chi connectivity index (χ1n) is 9.57. The lowest BCUT2D eigenvalue weighted by Crippen LogP contribution is -2.47. The molecule has 0 amide bonds. The molecule has 0 aliphatic carbocycles. The molecule has 4 heterocycles. The quantitative estimate of drug-likeness (QED) is 0.747. The van der Waals surface area contributed by atoms with E-state index in [9.17, 15) is 5.11 Å². The van der Waals surface area contributed by atoms with E-state index in [0.717, 1.165) is 29.4 Å². The summed E-state index contributed by atoms with van der Waals surface area (Å²) in [4.78, 5) is 6.36. The third-order valence-corrected chi connectivity index (χ3v) is 6.04. The second kappa shape index (κ2) is 6.46. The molecule has 5 rings (SSSR count). The van der Waals surface area contributed by atoms with E-state index >= 15 is 0 Å². The number of benzene rings is 1. The fraction of sp³-hybridized carbons (Fsp3) is 0.381. The number of aromatic hydroxyl groups is 1. The van der Waals surface area contributed by atoms with E-state index in [0.29, 0.717) is 29.4 Å². The van der Waals surface area contributed by atoms with Crippen LogP contribution >= 0.6 is 0 Å². The Hall–Kier alpha value is -2.73. The largest absolute Gasteiger partial charge is 0.507 e. The molecule has 6 nitrogen and oxygen atoms in total. The Labute approximate surface area is 158 Å². The first kappa shape index (κ1) is 16.4. The topological polar surface area (TPSA) is 74.2 Å². The van der Waals surface area contributed by atoms with E-state index in [1.165, 1.54) is 12.8 Å². The van der Waals surface area contributed by atoms with Crippen LogP contribution in [0.3, 0.4) is 0 Å². The average Bonchev–Trinajstić information content (AvgIpc) is 3.04. The van der Waals surface area contributed by atoms with E-state index in [2.05, 4.69) is 32.4 Å². The number of nitrogens with one attached hydrogen (secondary N) is 1. The number of rotatable bonds is 3. The molecule has 1 aromatic carbocycles. The highest BCUT2D eigenvalue weighted by Gasteiger charge is 2.35. The monoisotopic (exact) mass is 361 g/mol. The smallest absolute Gasteiger partial charge is 0.151 e. The number of nitrogens with zero attached hydrogens (tertiary/aromatic N) is 4. The van der Waals surface area contributed by atoms with Gasteiger partial charge in [-0.05, 0) is 61.4 Å². The van der Waals surface area contributed by atoms with Crippen molar-refractivity contribution in [1.29, 1.82) is 0 Å². The van der Waals surface area contributed by atoms with E-state index < -0.39 is 0 Å². The number of hydrogen-bond acceptors (Lipinski definition) is 6. The molecular formula is C21H23N5O. The molecule has 2 bridgehead atoms. The van der Waals surface area contributed by atoms with E-state index in [-0.39, 0.29) is 5.75 Å².